The van der Waals surface area contributed by atoms with Crippen molar-refractivity contribution >= 4 is 0 Å². The molecule has 2 aromatic carbocycles. The predicted molar refractivity (Wildman–Crippen MR) is 105 cm³/mol. The fourth-order valence-electron chi connectivity index (χ4n) is 4.48. The third-order valence-electron chi connectivity index (χ3n) is 6.22. The van der Waals surface area contributed by atoms with Crippen LogP contribution in [0.1, 0.15) is 69.4 Å². The van der Waals surface area contributed by atoms with Gasteiger partial charge in [0.25, 0.3) is 0 Å². The maximum Gasteiger partial charge on any atom is 0.144 e. The molecule has 1 aliphatic carbocycles. The van der Waals surface area contributed by atoms with Crippen molar-refractivity contribution in [3.05, 3.63) is 59.2 Å². The lowest BCUT2D eigenvalue weighted by molar-refractivity contribution is 0.239. The van der Waals surface area contributed by atoms with Gasteiger partial charge in [-0.25, -0.2) is 8.78 Å². The summed E-state index contributed by atoms with van der Waals surface area (Å²) in [5.74, 6) is 0.495. The lowest BCUT2D eigenvalue weighted by atomic mass is 9.73. The van der Waals surface area contributed by atoms with Gasteiger partial charge in [-0.15, -0.1) is 0 Å². The molecule has 1 fully saturated rings. The Morgan fingerprint density at radius 2 is 1.59 bits per heavy atom. The Bertz CT molecular complexity index is 788. The van der Waals surface area contributed by atoms with Crippen LogP contribution in [0, 0.1) is 34.8 Å². The highest BCUT2D eigenvalue weighted by Crippen LogP contribution is 2.39. The molecule has 0 N–H and O–H groups in total. The minimum Gasteiger partial charge on any atom is -0.205 e. The fraction of sp³-hybridized carbons (Fsp3) is 0.458. The van der Waals surface area contributed by atoms with Crippen LogP contribution in [0.3, 0.4) is 0 Å². The standard InChI is InChI=1S/C24H27F2N/c1-3-4-17-5-7-18(8-6-17)16(2)19-9-11-20(12-10-19)21-13-23(25)22(15-27)24(26)14-21/h9-14,16-18H,3-8H2,1-2H3. The summed E-state index contributed by atoms with van der Waals surface area (Å²) in [5.41, 5.74) is 1.98. The predicted octanol–water partition coefficient (Wildman–Crippen LogP) is 7.21. The highest BCUT2D eigenvalue weighted by Gasteiger charge is 2.25. The Hall–Kier alpha value is -2.21. The van der Waals surface area contributed by atoms with Gasteiger partial charge < -0.3 is 0 Å². The molecule has 1 atom stereocenters. The Morgan fingerprint density at radius 3 is 2.11 bits per heavy atom. The molecule has 1 saturated carbocycles. The number of rotatable bonds is 5. The van der Waals surface area contributed by atoms with Crippen molar-refractivity contribution in [2.45, 2.75) is 58.3 Å². The molecule has 3 rings (SSSR count). The summed E-state index contributed by atoms with van der Waals surface area (Å²) < 4.78 is 27.7. The number of hydrogen-bond acceptors (Lipinski definition) is 1. The average molecular weight is 367 g/mol. The fourth-order valence-corrected chi connectivity index (χ4v) is 4.48. The smallest absolute Gasteiger partial charge is 0.144 e. The summed E-state index contributed by atoms with van der Waals surface area (Å²) in [6.45, 7) is 4.56. The van der Waals surface area contributed by atoms with Crippen LogP contribution in [-0.2, 0) is 0 Å². The van der Waals surface area contributed by atoms with Crippen molar-refractivity contribution < 1.29 is 8.78 Å². The van der Waals surface area contributed by atoms with Crippen molar-refractivity contribution in [3.63, 3.8) is 0 Å². The van der Waals surface area contributed by atoms with E-state index in [2.05, 4.69) is 26.0 Å². The molecule has 1 unspecified atom stereocenters. The first kappa shape index (κ1) is 19.5. The molecule has 27 heavy (non-hydrogen) atoms. The van der Waals surface area contributed by atoms with Gasteiger partial charge >= 0.3 is 0 Å². The van der Waals surface area contributed by atoms with Crippen LogP contribution >= 0.6 is 0 Å². The largest absolute Gasteiger partial charge is 0.205 e. The maximum absolute atomic E-state index is 13.9. The zero-order valence-corrected chi connectivity index (χ0v) is 16.1. The second-order valence-corrected chi connectivity index (χ2v) is 7.91. The average Bonchev–Trinajstić information content (AvgIpc) is 2.68. The van der Waals surface area contributed by atoms with Gasteiger partial charge in [0.2, 0.25) is 0 Å². The Morgan fingerprint density at radius 1 is 1.00 bits per heavy atom. The van der Waals surface area contributed by atoms with Gasteiger partial charge in [0, 0.05) is 0 Å². The normalized spacial score (nSPS) is 20.9. The lowest BCUT2D eigenvalue weighted by Gasteiger charge is -2.32. The van der Waals surface area contributed by atoms with Crippen LogP contribution in [0.4, 0.5) is 8.78 Å². The van der Waals surface area contributed by atoms with E-state index in [9.17, 15) is 8.78 Å². The first-order chi connectivity index (χ1) is 13.0. The van der Waals surface area contributed by atoms with Crippen molar-refractivity contribution in [2.75, 3.05) is 0 Å². The minimum atomic E-state index is -0.811. The van der Waals surface area contributed by atoms with Crippen LogP contribution in [0.15, 0.2) is 36.4 Å². The van der Waals surface area contributed by atoms with Gasteiger partial charge in [0.15, 0.2) is 0 Å². The first-order valence-corrected chi connectivity index (χ1v) is 10.0. The van der Waals surface area contributed by atoms with E-state index >= 15 is 0 Å². The van der Waals surface area contributed by atoms with Crippen LogP contribution in [-0.4, -0.2) is 0 Å². The Balaban J connectivity index is 1.71. The quantitative estimate of drug-likeness (QED) is 0.547. The molecule has 0 amide bonds. The zero-order chi connectivity index (χ0) is 19.4. The second-order valence-electron chi connectivity index (χ2n) is 7.91. The number of nitriles is 1. The maximum atomic E-state index is 13.9. The molecular formula is C24H27F2N. The molecule has 2 aromatic rings. The Kier molecular flexibility index (Phi) is 6.26. The van der Waals surface area contributed by atoms with E-state index in [1.807, 2.05) is 12.1 Å². The number of benzene rings is 2. The second kappa shape index (κ2) is 8.65. The Labute approximate surface area is 161 Å². The molecular weight excluding hydrogens is 340 g/mol. The van der Waals surface area contributed by atoms with Crippen molar-refractivity contribution in [3.8, 4) is 17.2 Å². The summed E-state index contributed by atoms with van der Waals surface area (Å²) in [4.78, 5) is 0. The molecule has 142 valence electrons. The van der Waals surface area contributed by atoms with Crippen LogP contribution in [0.2, 0.25) is 0 Å². The molecule has 3 heteroatoms. The highest BCUT2D eigenvalue weighted by molar-refractivity contribution is 5.65. The molecule has 0 saturated heterocycles. The van der Waals surface area contributed by atoms with Crippen LogP contribution < -0.4 is 0 Å². The highest BCUT2D eigenvalue weighted by atomic mass is 19.1. The molecule has 0 bridgehead atoms. The minimum absolute atomic E-state index is 0.461. The van der Waals surface area contributed by atoms with Gasteiger partial charge in [0.05, 0.1) is 0 Å². The summed E-state index contributed by atoms with van der Waals surface area (Å²) in [6, 6.07) is 12.0. The molecule has 0 aromatic heterocycles. The summed E-state index contributed by atoms with van der Waals surface area (Å²) >= 11 is 0. The van der Waals surface area contributed by atoms with Gasteiger partial charge in [-0.1, -0.05) is 63.8 Å². The number of nitrogens with zero attached hydrogens (tertiary/aromatic N) is 1. The van der Waals surface area contributed by atoms with Gasteiger partial charge in [0.1, 0.15) is 23.3 Å². The third-order valence-corrected chi connectivity index (χ3v) is 6.22. The summed E-state index contributed by atoms with van der Waals surface area (Å²) in [5, 5.41) is 8.80. The van der Waals surface area contributed by atoms with Crippen LogP contribution in [0.25, 0.3) is 11.1 Å². The number of hydrogen-bond donors (Lipinski definition) is 0. The molecule has 0 aliphatic heterocycles. The first-order valence-electron chi connectivity index (χ1n) is 10.0. The molecule has 0 spiro atoms. The summed E-state index contributed by atoms with van der Waals surface area (Å²) in [6.07, 6.45) is 7.89. The van der Waals surface area contributed by atoms with Crippen LogP contribution in [0.5, 0.6) is 0 Å². The van der Waals surface area contributed by atoms with E-state index in [-0.39, 0.29) is 0 Å². The topological polar surface area (TPSA) is 23.8 Å². The van der Waals surface area contributed by atoms with Crippen molar-refractivity contribution in [1.29, 1.82) is 5.26 Å². The lowest BCUT2D eigenvalue weighted by Crippen LogP contribution is -2.19. The van der Waals surface area contributed by atoms with E-state index in [4.69, 9.17) is 5.26 Å². The van der Waals surface area contributed by atoms with E-state index < -0.39 is 17.2 Å². The monoisotopic (exact) mass is 367 g/mol. The van der Waals surface area contributed by atoms with E-state index in [0.29, 0.717) is 17.4 Å². The number of halogens is 2. The molecule has 1 aliphatic rings. The molecule has 1 nitrogen and oxygen atoms in total. The summed E-state index contributed by atoms with van der Waals surface area (Å²) in [7, 11) is 0. The third kappa shape index (κ3) is 4.38. The van der Waals surface area contributed by atoms with Crippen molar-refractivity contribution in [1.82, 2.24) is 0 Å². The molecule has 0 heterocycles. The SMILES string of the molecule is CCCC1CCC(C(C)c2ccc(-c3cc(F)c(C#N)c(F)c3)cc2)CC1. The van der Waals surface area contributed by atoms with E-state index in [0.717, 1.165) is 11.5 Å². The van der Waals surface area contributed by atoms with Gasteiger partial charge in [-0.2, -0.15) is 5.26 Å². The van der Waals surface area contributed by atoms with E-state index in [1.54, 1.807) is 6.07 Å². The van der Waals surface area contributed by atoms with Crippen molar-refractivity contribution in [2.24, 2.45) is 11.8 Å². The van der Waals surface area contributed by atoms with Gasteiger partial charge in [-0.05, 0) is 59.4 Å². The van der Waals surface area contributed by atoms with Gasteiger partial charge in [-0.3, -0.25) is 0 Å². The molecule has 0 radical (unpaired) electrons. The van der Waals surface area contributed by atoms with E-state index in [1.165, 1.54) is 56.2 Å². The zero-order valence-electron chi connectivity index (χ0n) is 16.1.